The van der Waals surface area contributed by atoms with Crippen molar-refractivity contribution in [2.45, 2.75) is 39.2 Å². The zero-order valence-electron chi connectivity index (χ0n) is 10.0. The molecule has 0 fully saturated rings. The van der Waals surface area contributed by atoms with Crippen LogP contribution in [0.1, 0.15) is 44.7 Å². The molecule has 0 aromatic heterocycles. The van der Waals surface area contributed by atoms with Crippen molar-refractivity contribution in [2.75, 3.05) is 0 Å². The highest BCUT2D eigenvalue weighted by molar-refractivity contribution is 14.1. The summed E-state index contributed by atoms with van der Waals surface area (Å²) in [6.07, 6.45) is 3.61. The number of rotatable bonds is 6. The zero-order valence-corrected chi connectivity index (χ0v) is 12.2. The number of hydrazine groups is 1. The van der Waals surface area contributed by atoms with Crippen LogP contribution in [0.15, 0.2) is 24.3 Å². The van der Waals surface area contributed by atoms with Crippen molar-refractivity contribution < 1.29 is 0 Å². The summed E-state index contributed by atoms with van der Waals surface area (Å²) in [6, 6.07) is 8.81. The second-order valence-electron chi connectivity index (χ2n) is 4.40. The minimum Gasteiger partial charge on any atom is -0.271 e. The molecule has 1 aromatic rings. The van der Waals surface area contributed by atoms with Crippen LogP contribution in [0, 0.1) is 9.49 Å². The van der Waals surface area contributed by atoms with Crippen LogP contribution in [0.5, 0.6) is 0 Å². The molecule has 2 nitrogen and oxygen atoms in total. The normalized spacial score (nSPS) is 14.8. The Kier molecular flexibility index (Phi) is 6.31. The Morgan fingerprint density at radius 3 is 2.75 bits per heavy atom. The number of halogens is 1. The smallest absolute Gasteiger partial charge is 0.0462 e. The summed E-state index contributed by atoms with van der Waals surface area (Å²) in [5.74, 6) is 6.36. The average molecular weight is 332 g/mol. The molecule has 0 saturated heterocycles. The van der Waals surface area contributed by atoms with Crippen molar-refractivity contribution in [3.8, 4) is 0 Å². The molecule has 0 heterocycles. The summed E-state index contributed by atoms with van der Waals surface area (Å²) >= 11 is 2.34. The molecule has 2 unspecified atom stereocenters. The molecule has 0 aliphatic heterocycles. The van der Waals surface area contributed by atoms with E-state index in [1.165, 1.54) is 22.0 Å². The average Bonchev–Trinajstić information content (AvgIpc) is 2.26. The molecule has 1 aromatic carbocycles. The molecule has 0 amide bonds. The van der Waals surface area contributed by atoms with Crippen molar-refractivity contribution in [1.29, 1.82) is 0 Å². The van der Waals surface area contributed by atoms with Crippen molar-refractivity contribution in [3.63, 3.8) is 0 Å². The van der Waals surface area contributed by atoms with Gasteiger partial charge in [0.1, 0.15) is 0 Å². The molecular formula is C13H21IN2. The first kappa shape index (κ1) is 13.9. The first-order valence-electron chi connectivity index (χ1n) is 5.89. The molecule has 0 aliphatic rings. The maximum atomic E-state index is 5.65. The minimum absolute atomic E-state index is 0.274. The lowest BCUT2D eigenvalue weighted by Gasteiger charge is -2.20. The fourth-order valence-electron chi connectivity index (χ4n) is 2.04. The Bertz CT molecular complexity index is 315. The predicted molar refractivity (Wildman–Crippen MR) is 77.9 cm³/mol. The Hall–Kier alpha value is -0.130. The monoisotopic (exact) mass is 332 g/mol. The maximum absolute atomic E-state index is 5.65. The van der Waals surface area contributed by atoms with Crippen LogP contribution in [-0.4, -0.2) is 0 Å². The van der Waals surface area contributed by atoms with Crippen LogP contribution < -0.4 is 11.3 Å². The predicted octanol–water partition coefficient (Wildman–Crippen LogP) is 3.62. The Labute approximate surface area is 112 Å². The van der Waals surface area contributed by atoms with Gasteiger partial charge in [0.2, 0.25) is 0 Å². The van der Waals surface area contributed by atoms with E-state index in [-0.39, 0.29) is 6.04 Å². The van der Waals surface area contributed by atoms with Crippen molar-refractivity contribution in [3.05, 3.63) is 33.4 Å². The van der Waals surface area contributed by atoms with E-state index in [2.05, 4.69) is 66.1 Å². The third kappa shape index (κ3) is 4.39. The summed E-state index contributed by atoms with van der Waals surface area (Å²) in [5.41, 5.74) is 4.22. The van der Waals surface area contributed by atoms with E-state index in [1.807, 2.05) is 0 Å². The zero-order chi connectivity index (χ0) is 12.0. The minimum atomic E-state index is 0.274. The van der Waals surface area contributed by atoms with Crippen LogP contribution >= 0.6 is 22.6 Å². The SMILES string of the molecule is CCCC(C)CC(NN)c1cccc(I)c1. The quantitative estimate of drug-likeness (QED) is 0.474. The van der Waals surface area contributed by atoms with Crippen LogP contribution in [-0.2, 0) is 0 Å². The number of benzene rings is 1. The van der Waals surface area contributed by atoms with Gasteiger partial charge in [0, 0.05) is 9.61 Å². The molecule has 1 rings (SSSR count). The third-order valence-corrected chi connectivity index (χ3v) is 3.54. The van der Waals surface area contributed by atoms with Crippen molar-refractivity contribution in [1.82, 2.24) is 5.43 Å². The van der Waals surface area contributed by atoms with Gasteiger partial charge in [0.05, 0.1) is 0 Å². The largest absolute Gasteiger partial charge is 0.271 e. The number of hydrogen-bond donors (Lipinski definition) is 2. The van der Waals surface area contributed by atoms with Gasteiger partial charge in [-0.05, 0) is 52.6 Å². The van der Waals surface area contributed by atoms with E-state index in [1.54, 1.807) is 0 Å². The Morgan fingerprint density at radius 1 is 1.44 bits per heavy atom. The summed E-state index contributed by atoms with van der Waals surface area (Å²) in [6.45, 7) is 4.52. The maximum Gasteiger partial charge on any atom is 0.0462 e. The highest BCUT2D eigenvalue weighted by Gasteiger charge is 2.13. The van der Waals surface area contributed by atoms with Gasteiger partial charge in [-0.3, -0.25) is 11.3 Å². The molecule has 0 spiro atoms. The standard InChI is InChI=1S/C13H21IN2/c1-3-5-10(2)8-13(16-15)11-6-4-7-12(14)9-11/h4,6-7,9-10,13,16H,3,5,8,15H2,1-2H3. The van der Waals surface area contributed by atoms with E-state index < -0.39 is 0 Å². The lowest BCUT2D eigenvalue weighted by atomic mass is 9.93. The second-order valence-corrected chi connectivity index (χ2v) is 5.65. The van der Waals surface area contributed by atoms with Gasteiger partial charge in [0.15, 0.2) is 0 Å². The first-order valence-corrected chi connectivity index (χ1v) is 6.96. The van der Waals surface area contributed by atoms with Gasteiger partial charge < -0.3 is 0 Å². The van der Waals surface area contributed by atoms with E-state index in [0.29, 0.717) is 5.92 Å². The van der Waals surface area contributed by atoms with E-state index in [4.69, 9.17) is 5.84 Å². The third-order valence-electron chi connectivity index (χ3n) is 2.87. The summed E-state index contributed by atoms with van der Waals surface area (Å²) in [5, 5.41) is 0. The molecule has 0 saturated carbocycles. The van der Waals surface area contributed by atoms with Gasteiger partial charge in [-0.2, -0.15) is 0 Å². The van der Waals surface area contributed by atoms with Crippen LogP contribution in [0.3, 0.4) is 0 Å². The Balaban J connectivity index is 2.67. The Morgan fingerprint density at radius 2 is 2.19 bits per heavy atom. The lowest BCUT2D eigenvalue weighted by Crippen LogP contribution is -2.29. The highest BCUT2D eigenvalue weighted by atomic mass is 127. The second kappa shape index (κ2) is 7.25. The highest BCUT2D eigenvalue weighted by Crippen LogP contribution is 2.24. The van der Waals surface area contributed by atoms with Crippen LogP contribution in [0.25, 0.3) is 0 Å². The number of hydrogen-bond acceptors (Lipinski definition) is 2. The van der Waals surface area contributed by atoms with E-state index >= 15 is 0 Å². The van der Waals surface area contributed by atoms with Crippen molar-refractivity contribution in [2.24, 2.45) is 11.8 Å². The van der Waals surface area contributed by atoms with Crippen molar-refractivity contribution >= 4 is 22.6 Å². The van der Waals surface area contributed by atoms with E-state index in [0.717, 1.165) is 6.42 Å². The van der Waals surface area contributed by atoms with Gasteiger partial charge in [-0.25, -0.2) is 0 Å². The van der Waals surface area contributed by atoms with Gasteiger partial charge in [0.25, 0.3) is 0 Å². The fourth-order valence-corrected chi connectivity index (χ4v) is 2.60. The van der Waals surface area contributed by atoms with Gasteiger partial charge >= 0.3 is 0 Å². The summed E-state index contributed by atoms with van der Waals surface area (Å²) in [7, 11) is 0. The molecular weight excluding hydrogens is 311 g/mol. The fraction of sp³-hybridized carbons (Fsp3) is 0.538. The molecule has 3 heteroatoms. The molecule has 2 atom stereocenters. The molecule has 0 bridgehead atoms. The lowest BCUT2D eigenvalue weighted by molar-refractivity contribution is 0.394. The van der Waals surface area contributed by atoms with Gasteiger partial charge in [-0.1, -0.05) is 38.8 Å². The van der Waals surface area contributed by atoms with Gasteiger partial charge in [-0.15, -0.1) is 0 Å². The first-order chi connectivity index (χ1) is 7.67. The van der Waals surface area contributed by atoms with Crippen LogP contribution in [0.4, 0.5) is 0 Å². The van der Waals surface area contributed by atoms with E-state index in [9.17, 15) is 0 Å². The molecule has 90 valence electrons. The topological polar surface area (TPSA) is 38.0 Å². The molecule has 0 radical (unpaired) electrons. The van der Waals surface area contributed by atoms with Crippen LogP contribution in [0.2, 0.25) is 0 Å². The molecule has 3 N–H and O–H groups in total. The molecule has 0 aliphatic carbocycles. The summed E-state index contributed by atoms with van der Waals surface area (Å²) in [4.78, 5) is 0. The summed E-state index contributed by atoms with van der Waals surface area (Å²) < 4.78 is 1.26. The molecule has 16 heavy (non-hydrogen) atoms. The number of nitrogens with one attached hydrogen (secondary N) is 1. The number of nitrogens with two attached hydrogens (primary N) is 1.